The number of hydrogen-bond donors (Lipinski definition) is 1. The number of fused-ring (bicyclic) bond motifs is 1. The van der Waals surface area contributed by atoms with E-state index in [0.717, 1.165) is 85.8 Å². The number of pyridine rings is 1. The van der Waals surface area contributed by atoms with Gasteiger partial charge < -0.3 is 15.0 Å². The van der Waals surface area contributed by atoms with Crippen LogP contribution >= 0.6 is 11.3 Å². The first-order valence-electron chi connectivity index (χ1n) is 12.2. The summed E-state index contributed by atoms with van der Waals surface area (Å²) >= 11 is 1.47. The van der Waals surface area contributed by atoms with Crippen LogP contribution in [-0.2, 0) is 9.53 Å². The van der Waals surface area contributed by atoms with Crippen molar-refractivity contribution in [2.75, 3.05) is 26.5 Å². The fraction of sp³-hybridized carbons (Fsp3) is 0.640. The number of amides is 2. The largest absolute Gasteiger partial charge is 0.351 e. The maximum Gasteiger partial charge on any atom is 0.261 e. The van der Waals surface area contributed by atoms with Gasteiger partial charge in [0.1, 0.15) is 0 Å². The lowest BCUT2D eigenvalue weighted by Gasteiger charge is -2.37. The van der Waals surface area contributed by atoms with Crippen LogP contribution in [0.4, 0.5) is 4.39 Å². The maximum absolute atomic E-state index is 13.0. The Labute approximate surface area is 198 Å². The minimum atomic E-state index is -0.807. The van der Waals surface area contributed by atoms with Crippen molar-refractivity contribution in [3.63, 3.8) is 0 Å². The molecule has 0 radical (unpaired) electrons. The quantitative estimate of drug-likeness (QED) is 0.522. The van der Waals surface area contributed by atoms with Crippen LogP contribution in [0.2, 0.25) is 0 Å². The molecule has 2 aromatic rings. The number of rotatable bonds is 9. The third kappa shape index (κ3) is 6.29. The van der Waals surface area contributed by atoms with Crippen molar-refractivity contribution in [3.05, 3.63) is 29.4 Å². The molecule has 0 spiro atoms. The minimum Gasteiger partial charge on any atom is -0.351 e. The molecule has 2 aliphatic rings. The van der Waals surface area contributed by atoms with Gasteiger partial charge in [-0.2, -0.15) is 0 Å². The first kappa shape index (κ1) is 24.1. The number of piperidine rings is 1. The molecular weight excluding hydrogens is 441 g/mol. The van der Waals surface area contributed by atoms with Gasteiger partial charge in [0.05, 0.1) is 21.6 Å². The number of likely N-dealkylation sites (tertiary alicyclic amines) is 1. The van der Waals surface area contributed by atoms with E-state index in [4.69, 9.17) is 4.74 Å². The van der Waals surface area contributed by atoms with Crippen molar-refractivity contribution in [1.82, 2.24) is 15.2 Å². The summed E-state index contributed by atoms with van der Waals surface area (Å²) < 4.78 is 18.9. The fourth-order valence-electron chi connectivity index (χ4n) is 5.18. The van der Waals surface area contributed by atoms with E-state index < -0.39 is 6.86 Å². The Kier molecular flexibility index (Phi) is 8.67. The molecule has 1 N–H and O–H groups in total. The SMILES string of the molecule is O=C(NCCCCC1CCN(C(=O)C2CCCCC2OCF)CC1)c1cc2ccncc2s1. The zero-order valence-electron chi connectivity index (χ0n) is 19.1. The minimum absolute atomic E-state index is 0.0132. The molecule has 1 saturated carbocycles. The van der Waals surface area contributed by atoms with E-state index in [-0.39, 0.29) is 23.8 Å². The van der Waals surface area contributed by atoms with Gasteiger partial charge in [-0.25, -0.2) is 4.39 Å². The van der Waals surface area contributed by atoms with Gasteiger partial charge in [-0.05, 0) is 55.5 Å². The number of carbonyl (C=O) groups excluding carboxylic acids is 2. The van der Waals surface area contributed by atoms with Crippen LogP contribution in [0.5, 0.6) is 0 Å². The second-order valence-electron chi connectivity index (χ2n) is 9.25. The van der Waals surface area contributed by atoms with E-state index in [9.17, 15) is 14.0 Å². The van der Waals surface area contributed by atoms with Gasteiger partial charge >= 0.3 is 0 Å². The average Bonchev–Trinajstić information content (AvgIpc) is 3.29. The van der Waals surface area contributed by atoms with Crippen molar-refractivity contribution in [2.45, 2.75) is 63.9 Å². The van der Waals surface area contributed by atoms with Gasteiger partial charge in [0.25, 0.3) is 5.91 Å². The van der Waals surface area contributed by atoms with Gasteiger partial charge in [-0.3, -0.25) is 14.6 Å². The fourth-order valence-corrected chi connectivity index (χ4v) is 6.13. The molecule has 33 heavy (non-hydrogen) atoms. The average molecular weight is 476 g/mol. The van der Waals surface area contributed by atoms with E-state index in [1.54, 1.807) is 12.4 Å². The van der Waals surface area contributed by atoms with Gasteiger partial charge in [0.2, 0.25) is 5.91 Å². The van der Waals surface area contributed by atoms with Gasteiger partial charge in [-0.1, -0.05) is 25.7 Å². The van der Waals surface area contributed by atoms with Crippen molar-refractivity contribution in [1.29, 1.82) is 0 Å². The summed E-state index contributed by atoms with van der Waals surface area (Å²) in [5.41, 5.74) is 0. The molecule has 2 aromatic heterocycles. The maximum atomic E-state index is 13.0. The first-order chi connectivity index (χ1) is 16.2. The Morgan fingerprint density at radius 3 is 2.79 bits per heavy atom. The molecule has 0 bridgehead atoms. The standard InChI is InChI=1S/C25H34FN3O3S/c26-17-32-21-7-2-1-6-20(21)25(31)29-13-9-18(10-14-29)5-3-4-11-28-24(30)22-15-19-8-12-27-16-23(19)33-22/h8,12,15-16,18,20-21H,1-7,9-11,13-14,17H2,(H,28,30). The third-order valence-corrected chi connectivity index (χ3v) is 8.18. The predicted octanol–water partition coefficient (Wildman–Crippen LogP) is 4.94. The smallest absolute Gasteiger partial charge is 0.261 e. The van der Waals surface area contributed by atoms with E-state index in [0.29, 0.717) is 12.5 Å². The molecule has 6 nitrogen and oxygen atoms in total. The molecule has 2 fully saturated rings. The number of nitrogens with zero attached hydrogens (tertiary/aromatic N) is 2. The van der Waals surface area contributed by atoms with Crippen LogP contribution in [0, 0.1) is 11.8 Å². The highest BCUT2D eigenvalue weighted by molar-refractivity contribution is 7.20. The van der Waals surface area contributed by atoms with Crippen LogP contribution in [0.15, 0.2) is 24.5 Å². The van der Waals surface area contributed by atoms with Crippen LogP contribution in [0.25, 0.3) is 10.1 Å². The normalized spacial score (nSPS) is 21.9. The molecule has 1 aliphatic carbocycles. The van der Waals surface area contributed by atoms with Crippen LogP contribution in [0.3, 0.4) is 0 Å². The molecule has 1 aliphatic heterocycles. The molecular formula is C25H34FN3O3S. The Morgan fingerprint density at radius 1 is 1.18 bits per heavy atom. The number of aromatic nitrogens is 1. The lowest BCUT2D eigenvalue weighted by atomic mass is 9.84. The molecule has 0 aromatic carbocycles. The summed E-state index contributed by atoms with van der Waals surface area (Å²) in [6, 6.07) is 3.85. The highest BCUT2D eigenvalue weighted by Crippen LogP contribution is 2.31. The highest BCUT2D eigenvalue weighted by atomic mass is 32.1. The van der Waals surface area contributed by atoms with Gasteiger partial charge in [0.15, 0.2) is 6.86 Å². The zero-order chi connectivity index (χ0) is 23.0. The number of nitrogens with one attached hydrogen (secondary N) is 1. The molecule has 1 saturated heterocycles. The number of ether oxygens (including phenoxy) is 1. The summed E-state index contributed by atoms with van der Waals surface area (Å²) in [5, 5.41) is 4.08. The predicted molar refractivity (Wildman–Crippen MR) is 128 cm³/mol. The second kappa shape index (κ2) is 11.9. The van der Waals surface area contributed by atoms with Crippen molar-refractivity contribution < 1.29 is 18.7 Å². The lowest BCUT2D eigenvalue weighted by Crippen LogP contribution is -2.46. The molecule has 8 heteroatoms. The van der Waals surface area contributed by atoms with E-state index >= 15 is 0 Å². The van der Waals surface area contributed by atoms with E-state index in [1.807, 2.05) is 17.0 Å². The summed E-state index contributed by atoms with van der Waals surface area (Å²) in [6.07, 6.45) is 12.1. The Bertz CT molecular complexity index is 894. The van der Waals surface area contributed by atoms with Crippen molar-refractivity contribution in [3.8, 4) is 0 Å². The summed E-state index contributed by atoms with van der Waals surface area (Å²) in [6.45, 7) is 1.46. The number of alkyl halides is 1. The third-order valence-electron chi connectivity index (χ3n) is 7.09. The number of halogens is 1. The van der Waals surface area contributed by atoms with Crippen LogP contribution in [0.1, 0.15) is 67.5 Å². The van der Waals surface area contributed by atoms with Gasteiger partial charge in [-0.15, -0.1) is 11.3 Å². The summed E-state index contributed by atoms with van der Waals surface area (Å²) in [5.74, 6) is 0.600. The Balaban J connectivity index is 1.12. The Hall–Kier alpha value is -2.06. The molecule has 180 valence electrons. The van der Waals surface area contributed by atoms with Gasteiger partial charge in [0, 0.05) is 32.0 Å². The Morgan fingerprint density at radius 2 is 2.00 bits per heavy atom. The monoisotopic (exact) mass is 475 g/mol. The van der Waals surface area contributed by atoms with E-state index in [1.165, 1.54) is 11.3 Å². The summed E-state index contributed by atoms with van der Waals surface area (Å²) in [4.78, 5) is 32.2. The molecule has 2 amide bonds. The summed E-state index contributed by atoms with van der Waals surface area (Å²) in [7, 11) is 0. The number of unbranched alkanes of at least 4 members (excludes halogenated alkanes) is 1. The first-order valence-corrected chi connectivity index (χ1v) is 13.1. The van der Waals surface area contributed by atoms with Crippen LogP contribution < -0.4 is 5.32 Å². The molecule has 2 atom stereocenters. The van der Waals surface area contributed by atoms with E-state index in [2.05, 4.69) is 10.3 Å². The molecule has 4 rings (SSSR count). The molecule has 3 heterocycles. The second-order valence-corrected chi connectivity index (χ2v) is 10.3. The zero-order valence-corrected chi connectivity index (χ0v) is 20.0. The van der Waals surface area contributed by atoms with Crippen molar-refractivity contribution in [2.24, 2.45) is 11.8 Å². The lowest BCUT2D eigenvalue weighted by molar-refractivity contribution is -0.146. The number of hydrogen-bond acceptors (Lipinski definition) is 5. The molecule has 2 unspecified atom stereocenters. The number of thiophene rings is 1. The van der Waals surface area contributed by atoms with Crippen LogP contribution in [-0.4, -0.2) is 54.3 Å². The topological polar surface area (TPSA) is 71.5 Å². The highest BCUT2D eigenvalue weighted by Gasteiger charge is 2.35. The van der Waals surface area contributed by atoms with Crippen molar-refractivity contribution >= 4 is 33.2 Å². The number of carbonyl (C=O) groups is 2.